The summed E-state index contributed by atoms with van der Waals surface area (Å²) in [4.78, 5) is 4.18. The minimum Gasteiger partial charge on any atom is -0.326 e. The Kier molecular flexibility index (Phi) is 2.97. The summed E-state index contributed by atoms with van der Waals surface area (Å²) in [7, 11) is 0. The van der Waals surface area contributed by atoms with Gasteiger partial charge in [-0.3, -0.25) is 4.98 Å². The van der Waals surface area contributed by atoms with Crippen molar-refractivity contribution in [3.63, 3.8) is 0 Å². The first-order chi connectivity index (χ1) is 9.28. The molecule has 3 aromatic rings. The molecule has 94 valence electrons. The van der Waals surface area contributed by atoms with E-state index in [1.54, 1.807) is 18.5 Å². The molecular weight excluding hydrogens is 239 g/mol. The van der Waals surface area contributed by atoms with E-state index in [4.69, 9.17) is 5.73 Å². The lowest BCUT2D eigenvalue weighted by atomic mass is 10.0. The van der Waals surface area contributed by atoms with Crippen molar-refractivity contribution >= 4 is 10.8 Å². The lowest BCUT2D eigenvalue weighted by molar-refractivity contribution is 0.628. The Labute approximate surface area is 110 Å². The molecule has 0 aliphatic carbocycles. The fraction of sp³-hybridized carbons (Fsp3) is 0.0625. The van der Waals surface area contributed by atoms with Crippen LogP contribution >= 0.6 is 0 Å². The first-order valence-electron chi connectivity index (χ1n) is 6.10. The van der Waals surface area contributed by atoms with E-state index in [0.29, 0.717) is 6.54 Å². The van der Waals surface area contributed by atoms with Crippen molar-refractivity contribution in [1.82, 2.24) is 4.98 Å². The predicted octanol–water partition coefficient (Wildman–Crippen LogP) is 3.50. The Morgan fingerprint density at radius 2 is 1.84 bits per heavy atom. The van der Waals surface area contributed by atoms with Gasteiger partial charge in [0.2, 0.25) is 0 Å². The summed E-state index contributed by atoms with van der Waals surface area (Å²) in [6, 6.07) is 12.6. The molecule has 3 heteroatoms. The van der Waals surface area contributed by atoms with Gasteiger partial charge in [0.1, 0.15) is 5.82 Å². The van der Waals surface area contributed by atoms with Crippen molar-refractivity contribution in [2.45, 2.75) is 6.54 Å². The van der Waals surface area contributed by atoms with Gasteiger partial charge in [0, 0.05) is 24.3 Å². The summed E-state index contributed by atoms with van der Waals surface area (Å²) in [5, 5.41) is 2.11. The van der Waals surface area contributed by atoms with Crippen LogP contribution in [0.4, 0.5) is 4.39 Å². The Bertz CT molecular complexity index is 738. The molecule has 0 bridgehead atoms. The molecule has 0 unspecified atom stereocenters. The van der Waals surface area contributed by atoms with E-state index in [-0.39, 0.29) is 5.82 Å². The van der Waals surface area contributed by atoms with Crippen LogP contribution in [-0.2, 0) is 6.54 Å². The van der Waals surface area contributed by atoms with E-state index < -0.39 is 0 Å². The van der Waals surface area contributed by atoms with Crippen molar-refractivity contribution in [3.8, 4) is 11.1 Å². The van der Waals surface area contributed by atoms with Gasteiger partial charge in [0.15, 0.2) is 0 Å². The predicted molar refractivity (Wildman–Crippen MR) is 75.0 cm³/mol. The van der Waals surface area contributed by atoms with Crippen molar-refractivity contribution in [1.29, 1.82) is 0 Å². The molecule has 0 amide bonds. The highest BCUT2D eigenvalue weighted by atomic mass is 19.1. The average molecular weight is 252 g/mol. The molecule has 2 N–H and O–H groups in total. The number of aromatic nitrogens is 1. The first kappa shape index (κ1) is 11.8. The number of benzene rings is 2. The maximum atomic E-state index is 13.3. The molecule has 0 aliphatic rings. The monoisotopic (exact) mass is 252 g/mol. The molecular formula is C16H13FN2. The van der Waals surface area contributed by atoms with Crippen molar-refractivity contribution < 1.29 is 4.39 Å². The molecule has 1 aromatic heterocycles. The minimum absolute atomic E-state index is 0.230. The lowest BCUT2D eigenvalue weighted by Crippen LogP contribution is -1.98. The number of hydrogen-bond donors (Lipinski definition) is 1. The number of halogens is 1. The first-order valence-corrected chi connectivity index (χ1v) is 6.10. The Balaban J connectivity index is 2.17. The van der Waals surface area contributed by atoms with Crippen LogP contribution in [0.3, 0.4) is 0 Å². The quantitative estimate of drug-likeness (QED) is 0.758. The smallest absolute Gasteiger partial charge is 0.123 e. The third kappa shape index (κ3) is 2.20. The number of rotatable bonds is 2. The van der Waals surface area contributed by atoms with E-state index in [1.165, 1.54) is 12.1 Å². The van der Waals surface area contributed by atoms with E-state index in [9.17, 15) is 4.39 Å². The second kappa shape index (κ2) is 4.78. The highest BCUT2D eigenvalue weighted by Crippen LogP contribution is 2.26. The third-order valence-corrected chi connectivity index (χ3v) is 3.22. The van der Waals surface area contributed by atoms with Crippen LogP contribution in [-0.4, -0.2) is 4.98 Å². The summed E-state index contributed by atoms with van der Waals surface area (Å²) in [6.07, 6.45) is 3.58. The van der Waals surface area contributed by atoms with E-state index in [2.05, 4.69) is 4.98 Å². The largest absolute Gasteiger partial charge is 0.326 e. The van der Waals surface area contributed by atoms with Crippen LogP contribution in [0, 0.1) is 5.82 Å². The van der Waals surface area contributed by atoms with Crippen LogP contribution < -0.4 is 5.73 Å². The molecule has 2 aromatic carbocycles. The highest BCUT2D eigenvalue weighted by molar-refractivity contribution is 5.89. The van der Waals surface area contributed by atoms with Crippen LogP contribution in [0.15, 0.2) is 54.9 Å². The molecule has 1 heterocycles. The van der Waals surface area contributed by atoms with Crippen LogP contribution in [0.5, 0.6) is 0 Å². The highest BCUT2D eigenvalue weighted by Gasteiger charge is 2.04. The van der Waals surface area contributed by atoms with E-state index >= 15 is 0 Å². The maximum absolute atomic E-state index is 13.3. The normalized spacial score (nSPS) is 10.8. The molecule has 0 saturated heterocycles. The van der Waals surface area contributed by atoms with Gasteiger partial charge in [-0.1, -0.05) is 24.3 Å². The third-order valence-electron chi connectivity index (χ3n) is 3.22. The zero-order chi connectivity index (χ0) is 13.2. The molecule has 0 aliphatic heterocycles. The summed E-state index contributed by atoms with van der Waals surface area (Å²) in [5.41, 5.74) is 8.55. The zero-order valence-corrected chi connectivity index (χ0v) is 10.3. The molecule has 19 heavy (non-hydrogen) atoms. The van der Waals surface area contributed by atoms with Gasteiger partial charge in [0.05, 0.1) is 0 Å². The molecule has 3 rings (SSSR count). The van der Waals surface area contributed by atoms with Gasteiger partial charge in [-0.2, -0.15) is 0 Å². The minimum atomic E-state index is -0.230. The molecule has 0 spiro atoms. The second-order valence-electron chi connectivity index (χ2n) is 4.45. The zero-order valence-electron chi connectivity index (χ0n) is 10.3. The fourth-order valence-corrected chi connectivity index (χ4v) is 2.25. The van der Waals surface area contributed by atoms with Crippen molar-refractivity contribution in [3.05, 3.63) is 66.2 Å². The topological polar surface area (TPSA) is 38.9 Å². The van der Waals surface area contributed by atoms with E-state index in [1.807, 2.05) is 24.3 Å². The second-order valence-corrected chi connectivity index (χ2v) is 4.45. The SMILES string of the molecule is NCc1cncc2cc(-c3cccc(F)c3)ccc12. The van der Waals surface area contributed by atoms with Gasteiger partial charge in [-0.05, 0) is 40.3 Å². The van der Waals surface area contributed by atoms with Gasteiger partial charge in [-0.15, -0.1) is 0 Å². The lowest BCUT2D eigenvalue weighted by Gasteiger charge is -2.07. The Hall–Kier alpha value is -2.26. The standard InChI is InChI=1S/C16H13FN2/c17-15-3-1-2-11(7-15)12-4-5-16-13(6-12)9-19-10-14(16)8-18/h1-7,9-10H,8,18H2. The number of fused-ring (bicyclic) bond motifs is 1. The fourth-order valence-electron chi connectivity index (χ4n) is 2.25. The molecule has 0 saturated carbocycles. The van der Waals surface area contributed by atoms with Gasteiger partial charge in [0.25, 0.3) is 0 Å². The summed E-state index contributed by atoms with van der Waals surface area (Å²) in [6.45, 7) is 0.462. The Morgan fingerprint density at radius 3 is 2.63 bits per heavy atom. The summed E-state index contributed by atoms with van der Waals surface area (Å²) in [5.74, 6) is -0.230. The number of nitrogens with zero attached hydrogens (tertiary/aromatic N) is 1. The van der Waals surface area contributed by atoms with Crippen molar-refractivity contribution in [2.75, 3.05) is 0 Å². The molecule has 0 atom stereocenters. The maximum Gasteiger partial charge on any atom is 0.123 e. The number of pyridine rings is 1. The Morgan fingerprint density at radius 1 is 1.00 bits per heavy atom. The molecule has 0 fully saturated rings. The van der Waals surface area contributed by atoms with Gasteiger partial charge in [-0.25, -0.2) is 4.39 Å². The molecule has 0 radical (unpaired) electrons. The van der Waals surface area contributed by atoms with E-state index in [0.717, 1.165) is 27.5 Å². The summed E-state index contributed by atoms with van der Waals surface area (Å²) >= 11 is 0. The van der Waals surface area contributed by atoms with Gasteiger partial charge >= 0.3 is 0 Å². The number of hydrogen-bond acceptors (Lipinski definition) is 2. The number of nitrogens with two attached hydrogens (primary N) is 1. The van der Waals surface area contributed by atoms with Crippen LogP contribution in [0.2, 0.25) is 0 Å². The van der Waals surface area contributed by atoms with Crippen molar-refractivity contribution in [2.24, 2.45) is 5.73 Å². The van der Waals surface area contributed by atoms with Gasteiger partial charge < -0.3 is 5.73 Å². The van der Waals surface area contributed by atoms with Crippen LogP contribution in [0.1, 0.15) is 5.56 Å². The average Bonchev–Trinajstić information content (AvgIpc) is 2.46. The van der Waals surface area contributed by atoms with Crippen LogP contribution in [0.25, 0.3) is 21.9 Å². The summed E-state index contributed by atoms with van der Waals surface area (Å²) < 4.78 is 13.3. The molecule has 2 nitrogen and oxygen atoms in total.